The highest BCUT2D eigenvalue weighted by atomic mass is 16.4. The first-order valence-corrected chi connectivity index (χ1v) is 7.16. The van der Waals surface area contributed by atoms with Gasteiger partial charge < -0.3 is 5.11 Å². The maximum absolute atomic E-state index is 10.7. The SMILES string of the molecule is O=C(O)CN1CCN(C2CCN3CCCC23)CC1. The van der Waals surface area contributed by atoms with Gasteiger partial charge in [-0.1, -0.05) is 0 Å². The number of fused-ring (bicyclic) bond motifs is 1. The molecule has 3 saturated heterocycles. The summed E-state index contributed by atoms with van der Waals surface area (Å²) in [7, 11) is 0. The molecule has 0 saturated carbocycles. The lowest BCUT2D eigenvalue weighted by Gasteiger charge is -2.39. The van der Waals surface area contributed by atoms with Gasteiger partial charge in [0, 0.05) is 44.8 Å². The summed E-state index contributed by atoms with van der Waals surface area (Å²) in [4.78, 5) is 18.0. The van der Waals surface area contributed by atoms with E-state index in [0.29, 0.717) is 0 Å². The van der Waals surface area contributed by atoms with Crippen LogP contribution in [0.3, 0.4) is 0 Å². The van der Waals surface area contributed by atoms with Crippen LogP contribution in [0.5, 0.6) is 0 Å². The highest BCUT2D eigenvalue weighted by Crippen LogP contribution is 2.31. The summed E-state index contributed by atoms with van der Waals surface area (Å²) < 4.78 is 0. The van der Waals surface area contributed by atoms with Crippen molar-refractivity contribution in [1.82, 2.24) is 14.7 Å². The monoisotopic (exact) mass is 253 g/mol. The molecule has 3 rings (SSSR count). The number of carboxylic acid groups (broad SMARTS) is 1. The van der Waals surface area contributed by atoms with E-state index < -0.39 is 5.97 Å². The van der Waals surface area contributed by atoms with Gasteiger partial charge in [-0.05, 0) is 25.8 Å². The normalized spacial score (nSPS) is 34.9. The molecule has 0 amide bonds. The first-order chi connectivity index (χ1) is 8.74. The zero-order valence-corrected chi connectivity index (χ0v) is 10.9. The summed E-state index contributed by atoms with van der Waals surface area (Å²) in [5.41, 5.74) is 0. The van der Waals surface area contributed by atoms with Crippen molar-refractivity contribution in [2.45, 2.75) is 31.3 Å². The van der Waals surface area contributed by atoms with Gasteiger partial charge in [-0.3, -0.25) is 19.5 Å². The Bertz CT molecular complexity index is 315. The molecule has 1 N–H and O–H groups in total. The smallest absolute Gasteiger partial charge is 0.317 e. The molecule has 0 radical (unpaired) electrons. The first-order valence-electron chi connectivity index (χ1n) is 7.16. The molecule has 0 spiro atoms. The predicted molar refractivity (Wildman–Crippen MR) is 68.6 cm³/mol. The van der Waals surface area contributed by atoms with Gasteiger partial charge in [0.2, 0.25) is 0 Å². The van der Waals surface area contributed by atoms with Gasteiger partial charge in [-0.15, -0.1) is 0 Å². The molecule has 102 valence electrons. The minimum atomic E-state index is -0.703. The molecule has 0 aromatic carbocycles. The molecule has 2 unspecified atom stereocenters. The van der Waals surface area contributed by atoms with E-state index in [0.717, 1.165) is 38.3 Å². The molecule has 0 aliphatic carbocycles. The van der Waals surface area contributed by atoms with E-state index in [2.05, 4.69) is 14.7 Å². The number of hydrogen-bond acceptors (Lipinski definition) is 4. The van der Waals surface area contributed by atoms with E-state index >= 15 is 0 Å². The van der Waals surface area contributed by atoms with Crippen LogP contribution in [-0.4, -0.2) is 83.7 Å². The van der Waals surface area contributed by atoms with Crippen molar-refractivity contribution >= 4 is 5.97 Å². The number of aliphatic carboxylic acids is 1. The molecule has 3 aliphatic heterocycles. The Morgan fingerprint density at radius 3 is 2.33 bits per heavy atom. The van der Waals surface area contributed by atoms with Crippen LogP contribution in [0.15, 0.2) is 0 Å². The lowest BCUT2D eigenvalue weighted by molar-refractivity contribution is -0.138. The molecule has 5 heteroatoms. The molecule has 5 nitrogen and oxygen atoms in total. The molecular formula is C13H23N3O2. The molecule has 0 bridgehead atoms. The minimum absolute atomic E-state index is 0.202. The highest BCUT2D eigenvalue weighted by Gasteiger charge is 2.40. The van der Waals surface area contributed by atoms with E-state index in [1.54, 1.807) is 0 Å². The average Bonchev–Trinajstić information content (AvgIpc) is 2.91. The topological polar surface area (TPSA) is 47.0 Å². The van der Waals surface area contributed by atoms with Gasteiger partial charge in [0.1, 0.15) is 0 Å². The summed E-state index contributed by atoms with van der Waals surface area (Å²) in [6.45, 7) is 6.68. The Morgan fingerprint density at radius 2 is 1.61 bits per heavy atom. The van der Waals surface area contributed by atoms with Crippen molar-refractivity contribution in [2.24, 2.45) is 0 Å². The maximum Gasteiger partial charge on any atom is 0.317 e. The molecule has 3 fully saturated rings. The second kappa shape index (κ2) is 5.15. The number of piperazine rings is 1. The molecule has 0 aromatic heterocycles. The van der Waals surface area contributed by atoms with Crippen LogP contribution in [0.1, 0.15) is 19.3 Å². The number of rotatable bonds is 3. The second-order valence-corrected chi connectivity index (χ2v) is 5.81. The van der Waals surface area contributed by atoms with E-state index in [-0.39, 0.29) is 6.54 Å². The Kier molecular flexibility index (Phi) is 3.54. The third-order valence-electron chi connectivity index (χ3n) is 4.81. The number of carboxylic acids is 1. The average molecular weight is 253 g/mol. The van der Waals surface area contributed by atoms with Gasteiger partial charge >= 0.3 is 5.97 Å². The van der Waals surface area contributed by atoms with E-state index in [1.165, 1.54) is 32.4 Å². The molecule has 3 heterocycles. The van der Waals surface area contributed by atoms with Crippen molar-refractivity contribution in [3.8, 4) is 0 Å². The fourth-order valence-corrected chi connectivity index (χ4v) is 3.93. The van der Waals surface area contributed by atoms with Crippen molar-refractivity contribution in [3.63, 3.8) is 0 Å². The zero-order valence-electron chi connectivity index (χ0n) is 10.9. The number of nitrogens with zero attached hydrogens (tertiary/aromatic N) is 3. The third kappa shape index (κ3) is 2.39. The van der Waals surface area contributed by atoms with Crippen LogP contribution in [-0.2, 0) is 4.79 Å². The fourth-order valence-electron chi connectivity index (χ4n) is 3.93. The summed E-state index contributed by atoms with van der Waals surface area (Å²) in [5, 5.41) is 8.80. The molecule has 18 heavy (non-hydrogen) atoms. The van der Waals surface area contributed by atoms with Gasteiger partial charge in [0.25, 0.3) is 0 Å². The van der Waals surface area contributed by atoms with Crippen molar-refractivity contribution in [1.29, 1.82) is 0 Å². The first kappa shape index (κ1) is 12.4. The van der Waals surface area contributed by atoms with Crippen molar-refractivity contribution in [3.05, 3.63) is 0 Å². The molecule has 0 aromatic rings. The third-order valence-corrected chi connectivity index (χ3v) is 4.81. The summed E-state index contributed by atoms with van der Waals surface area (Å²) in [6, 6.07) is 1.52. The van der Waals surface area contributed by atoms with Crippen LogP contribution in [0.25, 0.3) is 0 Å². The Hall–Kier alpha value is -0.650. The van der Waals surface area contributed by atoms with Crippen LogP contribution in [0.2, 0.25) is 0 Å². The summed E-state index contributed by atoms with van der Waals surface area (Å²) >= 11 is 0. The Labute approximate surface area is 108 Å². The van der Waals surface area contributed by atoms with Crippen LogP contribution >= 0.6 is 0 Å². The quantitative estimate of drug-likeness (QED) is 0.762. The lowest BCUT2D eigenvalue weighted by Crippen LogP contribution is -2.53. The maximum atomic E-state index is 10.7. The van der Waals surface area contributed by atoms with Crippen molar-refractivity contribution < 1.29 is 9.90 Å². The van der Waals surface area contributed by atoms with Crippen LogP contribution in [0.4, 0.5) is 0 Å². The zero-order chi connectivity index (χ0) is 12.5. The molecule has 3 aliphatic rings. The Balaban J connectivity index is 1.52. The van der Waals surface area contributed by atoms with Crippen molar-refractivity contribution in [2.75, 3.05) is 45.8 Å². The van der Waals surface area contributed by atoms with Gasteiger partial charge in [0.05, 0.1) is 6.54 Å². The largest absolute Gasteiger partial charge is 0.480 e. The van der Waals surface area contributed by atoms with Gasteiger partial charge in [0.15, 0.2) is 0 Å². The highest BCUT2D eigenvalue weighted by molar-refractivity contribution is 5.69. The molecule has 2 atom stereocenters. The van der Waals surface area contributed by atoms with E-state index in [9.17, 15) is 4.79 Å². The van der Waals surface area contributed by atoms with Crippen LogP contribution < -0.4 is 0 Å². The molecular weight excluding hydrogens is 230 g/mol. The summed E-state index contributed by atoms with van der Waals surface area (Å²) in [5.74, 6) is -0.703. The minimum Gasteiger partial charge on any atom is -0.480 e. The van der Waals surface area contributed by atoms with Gasteiger partial charge in [-0.2, -0.15) is 0 Å². The number of hydrogen-bond donors (Lipinski definition) is 1. The standard InChI is InChI=1S/C13H23N3O2/c17-13(18)10-14-6-8-16(9-7-14)12-3-5-15-4-1-2-11(12)15/h11-12H,1-10H2,(H,17,18). The van der Waals surface area contributed by atoms with Crippen LogP contribution in [0, 0.1) is 0 Å². The second-order valence-electron chi connectivity index (χ2n) is 5.81. The lowest BCUT2D eigenvalue weighted by atomic mass is 10.0. The predicted octanol–water partition coefficient (Wildman–Crippen LogP) is -0.0747. The number of carbonyl (C=O) groups is 1. The van der Waals surface area contributed by atoms with Gasteiger partial charge in [-0.25, -0.2) is 0 Å². The summed E-state index contributed by atoms with van der Waals surface area (Å²) in [6.07, 6.45) is 4.03. The Morgan fingerprint density at radius 1 is 0.944 bits per heavy atom. The van der Waals surface area contributed by atoms with E-state index in [1.807, 2.05) is 0 Å². The fraction of sp³-hybridized carbons (Fsp3) is 0.923. The van der Waals surface area contributed by atoms with E-state index in [4.69, 9.17) is 5.11 Å².